The number of aromatic amines is 1. The number of benzene rings is 1. The van der Waals surface area contributed by atoms with Gasteiger partial charge in [-0.05, 0) is 19.1 Å². The fraction of sp³-hybridized carbons (Fsp3) is 0.0769. The van der Waals surface area contributed by atoms with Crippen LogP contribution in [0.3, 0.4) is 0 Å². The Labute approximate surface area is 114 Å². The van der Waals surface area contributed by atoms with Gasteiger partial charge in [0.15, 0.2) is 0 Å². The Kier molecular flexibility index (Phi) is 3.00. The van der Waals surface area contributed by atoms with Crippen molar-refractivity contribution in [2.75, 3.05) is 0 Å². The number of aromatic nitrogens is 5. The molecule has 2 aromatic heterocycles. The van der Waals surface area contributed by atoms with Gasteiger partial charge in [0, 0.05) is 5.56 Å². The van der Waals surface area contributed by atoms with Gasteiger partial charge in [0.05, 0.1) is 17.6 Å². The maximum absolute atomic E-state index is 12.2. The van der Waals surface area contributed by atoms with E-state index in [9.17, 15) is 4.79 Å². The second kappa shape index (κ2) is 4.96. The highest BCUT2D eigenvalue weighted by Gasteiger charge is 2.09. The van der Waals surface area contributed by atoms with Crippen LogP contribution in [0, 0.1) is 6.92 Å². The lowest BCUT2D eigenvalue weighted by molar-refractivity contribution is 0.841. The highest BCUT2D eigenvalue weighted by molar-refractivity contribution is 5.78. The van der Waals surface area contributed by atoms with E-state index in [1.165, 1.54) is 22.0 Å². The van der Waals surface area contributed by atoms with E-state index in [4.69, 9.17) is 0 Å². The van der Waals surface area contributed by atoms with Gasteiger partial charge < -0.3 is 0 Å². The zero-order chi connectivity index (χ0) is 13.9. The van der Waals surface area contributed by atoms with Crippen LogP contribution in [0.1, 0.15) is 11.3 Å². The average Bonchev–Trinajstić information content (AvgIpc) is 3.09. The summed E-state index contributed by atoms with van der Waals surface area (Å²) in [6.07, 6.45) is 4.51. The van der Waals surface area contributed by atoms with Gasteiger partial charge in [-0.2, -0.15) is 5.10 Å². The molecule has 7 heteroatoms. The van der Waals surface area contributed by atoms with Gasteiger partial charge in [0.1, 0.15) is 12.7 Å². The van der Waals surface area contributed by atoms with Crippen LogP contribution in [-0.2, 0) is 0 Å². The van der Waals surface area contributed by atoms with Gasteiger partial charge in [0.25, 0.3) is 5.56 Å². The molecule has 0 saturated heterocycles. The molecule has 7 nitrogen and oxygen atoms in total. The molecule has 0 radical (unpaired) electrons. The Hall–Kier alpha value is -2.96. The molecule has 1 N–H and O–H groups in total. The summed E-state index contributed by atoms with van der Waals surface area (Å²) in [4.78, 5) is 12.2. The lowest BCUT2D eigenvalue weighted by Gasteiger charge is -1.99. The van der Waals surface area contributed by atoms with Gasteiger partial charge in [-0.15, -0.1) is 10.2 Å². The average molecular weight is 268 g/mol. The molecular formula is C13H12N6O. The molecule has 0 aliphatic rings. The van der Waals surface area contributed by atoms with Crippen LogP contribution >= 0.6 is 0 Å². The molecule has 0 aliphatic heterocycles. The minimum Gasteiger partial charge on any atom is -0.289 e. The molecule has 100 valence electrons. The summed E-state index contributed by atoms with van der Waals surface area (Å²) in [5.74, 6) is 0. The topological polar surface area (TPSA) is 80.9 Å². The number of hydrogen-bond acceptors (Lipinski definition) is 4. The van der Waals surface area contributed by atoms with Gasteiger partial charge >= 0.3 is 0 Å². The Bertz CT molecular complexity index is 782. The normalized spacial score (nSPS) is 11.2. The fourth-order valence-electron chi connectivity index (χ4n) is 1.80. The van der Waals surface area contributed by atoms with Crippen molar-refractivity contribution < 1.29 is 0 Å². The molecule has 0 spiro atoms. The van der Waals surface area contributed by atoms with E-state index in [0.717, 1.165) is 5.69 Å². The van der Waals surface area contributed by atoms with E-state index in [-0.39, 0.29) is 5.56 Å². The zero-order valence-electron chi connectivity index (χ0n) is 10.8. The van der Waals surface area contributed by atoms with E-state index >= 15 is 0 Å². The molecule has 1 aromatic carbocycles. The largest absolute Gasteiger partial charge is 0.289 e. The summed E-state index contributed by atoms with van der Waals surface area (Å²) in [7, 11) is 0. The lowest BCUT2D eigenvalue weighted by Crippen LogP contribution is -2.15. The minimum absolute atomic E-state index is 0.0959. The standard InChI is InChI=1S/C13H12N6O/c1-10-12(7-16-18-8-14-15-9-18)17-19(13(10)20)11-5-3-2-4-6-11/h2-9,17H,1H3. The molecule has 0 fully saturated rings. The van der Waals surface area contributed by atoms with Crippen molar-refractivity contribution in [1.29, 1.82) is 0 Å². The minimum atomic E-state index is -0.0959. The van der Waals surface area contributed by atoms with Crippen molar-refractivity contribution in [3.05, 3.63) is 64.6 Å². The van der Waals surface area contributed by atoms with Gasteiger partial charge in [-0.1, -0.05) is 18.2 Å². The molecule has 3 rings (SSSR count). The summed E-state index contributed by atoms with van der Waals surface area (Å²) in [5.41, 5.74) is 1.93. The molecule has 3 aromatic rings. The summed E-state index contributed by atoms with van der Waals surface area (Å²) in [5, 5.41) is 14.5. The second-order valence-electron chi connectivity index (χ2n) is 4.21. The van der Waals surface area contributed by atoms with Crippen LogP contribution in [0.5, 0.6) is 0 Å². The smallest absolute Gasteiger partial charge is 0.274 e. The zero-order valence-corrected chi connectivity index (χ0v) is 10.8. The van der Waals surface area contributed by atoms with E-state index in [1.54, 1.807) is 13.1 Å². The third-order valence-corrected chi connectivity index (χ3v) is 2.90. The Morgan fingerprint density at radius 2 is 1.90 bits per heavy atom. The molecule has 20 heavy (non-hydrogen) atoms. The van der Waals surface area contributed by atoms with Crippen LogP contribution < -0.4 is 5.56 Å². The first-order valence-electron chi connectivity index (χ1n) is 6.02. The first-order valence-corrected chi connectivity index (χ1v) is 6.02. The maximum atomic E-state index is 12.2. The van der Waals surface area contributed by atoms with E-state index in [2.05, 4.69) is 20.4 Å². The number of nitrogens with zero attached hydrogens (tertiary/aromatic N) is 5. The molecule has 0 unspecified atom stereocenters. The van der Waals surface area contributed by atoms with E-state index in [1.807, 2.05) is 30.3 Å². The first-order chi connectivity index (χ1) is 9.75. The molecular weight excluding hydrogens is 256 g/mol. The summed E-state index contributed by atoms with van der Waals surface area (Å²) in [6, 6.07) is 9.38. The van der Waals surface area contributed by atoms with Crippen molar-refractivity contribution in [3.63, 3.8) is 0 Å². The van der Waals surface area contributed by atoms with Crippen LogP contribution in [0.4, 0.5) is 0 Å². The first kappa shape index (κ1) is 12.1. The fourth-order valence-corrected chi connectivity index (χ4v) is 1.80. The Morgan fingerprint density at radius 1 is 1.20 bits per heavy atom. The monoisotopic (exact) mass is 268 g/mol. The van der Waals surface area contributed by atoms with Crippen LogP contribution in [-0.4, -0.2) is 30.9 Å². The highest BCUT2D eigenvalue weighted by Crippen LogP contribution is 2.05. The van der Waals surface area contributed by atoms with Gasteiger partial charge in [-0.3, -0.25) is 9.89 Å². The van der Waals surface area contributed by atoms with E-state index < -0.39 is 0 Å². The predicted octanol–water partition coefficient (Wildman–Crippen LogP) is 0.948. The number of rotatable bonds is 3. The highest BCUT2D eigenvalue weighted by atomic mass is 16.1. The molecule has 0 bridgehead atoms. The molecule has 0 atom stereocenters. The number of H-pyrrole nitrogens is 1. The van der Waals surface area contributed by atoms with E-state index in [0.29, 0.717) is 11.3 Å². The SMILES string of the molecule is Cc1c(C=Nn2cnnc2)[nH]n(-c2ccccc2)c1=O. The molecule has 0 amide bonds. The quantitative estimate of drug-likeness (QED) is 0.718. The van der Waals surface area contributed by atoms with Crippen LogP contribution in [0.2, 0.25) is 0 Å². The Balaban J connectivity index is 2.00. The lowest BCUT2D eigenvalue weighted by atomic mass is 10.3. The van der Waals surface area contributed by atoms with Crippen molar-refractivity contribution in [2.24, 2.45) is 5.10 Å². The second-order valence-corrected chi connectivity index (χ2v) is 4.21. The van der Waals surface area contributed by atoms with Crippen LogP contribution in [0.25, 0.3) is 5.69 Å². The third-order valence-electron chi connectivity index (χ3n) is 2.90. The number of hydrogen-bond donors (Lipinski definition) is 1. The predicted molar refractivity (Wildman–Crippen MR) is 74.1 cm³/mol. The van der Waals surface area contributed by atoms with Crippen LogP contribution in [0.15, 0.2) is 52.9 Å². The molecule has 0 aliphatic carbocycles. The number of nitrogens with one attached hydrogen (secondary N) is 1. The number of para-hydroxylation sites is 1. The third kappa shape index (κ3) is 2.16. The maximum Gasteiger partial charge on any atom is 0.274 e. The van der Waals surface area contributed by atoms with Gasteiger partial charge in [0.2, 0.25) is 0 Å². The van der Waals surface area contributed by atoms with Crippen molar-refractivity contribution >= 4 is 6.21 Å². The Morgan fingerprint density at radius 3 is 2.60 bits per heavy atom. The summed E-state index contributed by atoms with van der Waals surface area (Å²) >= 11 is 0. The van der Waals surface area contributed by atoms with Crippen molar-refractivity contribution in [1.82, 2.24) is 24.7 Å². The summed E-state index contributed by atoms with van der Waals surface area (Å²) < 4.78 is 2.94. The van der Waals surface area contributed by atoms with Crippen molar-refractivity contribution in [3.8, 4) is 5.69 Å². The molecule has 2 heterocycles. The molecule has 0 saturated carbocycles. The van der Waals surface area contributed by atoms with Crippen molar-refractivity contribution in [2.45, 2.75) is 6.92 Å². The van der Waals surface area contributed by atoms with Gasteiger partial charge in [-0.25, -0.2) is 9.36 Å². The summed E-state index contributed by atoms with van der Waals surface area (Å²) in [6.45, 7) is 1.76.